The third-order valence-corrected chi connectivity index (χ3v) is 2.48. The van der Waals surface area contributed by atoms with E-state index in [2.05, 4.69) is 0 Å². The van der Waals surface area contributed by atoms with E-state index in [9.17, 15) is 10.3 Å². The number of nitrogens with zero attached hydrogens (tertiary/aromatic N) is 1. The van der Waals surface area contributed by atoms with E-state index >= 15 is 0 Å². The molecule has 2 aromatic carbocycles. The molecule has 0 aliphatic heterocycles. The number of hydrogen-bond donors (Lipinski definition) is 1. The third-order valence-electron chi connectivity index (χ3n) is 2.48. The summed E-state index contributed by atoms with van der Waals surface area (Å²) >= 11 is 0. The molecule has 0 aromatic heterocycles. The summed E-state index contributed by atoms with van der Waals surface area (Å²) < 4.78 is 5.75. The van der Waals surface area contributed by atoms with Crippen LogP contribution in [0.25, 0.3) is 0 Å². The lowest BCUT2D eigenvalue weighted by Crippen LogP contribution is -1.98. The molecule has 1 N–H and O–H groups in total. The van der Waals surface area contributed by atoms with Crippen molar-refractivity contribution >= 4 is 11.9 Å². The first-order valence-corrected chi connectivity index (χ1v) is 5.44. The van der Waals surface area contributed by atoms with Crippen molar-refractivity contribution in [3.63, 3.8) is 0 Å². The molecule has 0 aliphatic carbocycles. The van der Waals surface area contributed by atoms with Crippen molar-refractivity contribution in [2.75, 3.05) is 7.11 Å². The molecule has 4 nitrogen and oxygen atoms in total. The van der Waals surface area contributed by atoms with Crippen LogP contribution >= 0.6 is 0 Å². The minimum absolute atomic E-state index is 0.0480. The molecule has 0 radical (unpaired) electrons. The van der Waals surface area contributed by atoms with Gasteiger partial charge in [0.1, 0.15) is 0 Å². The van der Waals surface area contributed by atoms with Crippen molar-refractivity contribution < 1.29 is 14.6 Å². The molecule has 0 unspecified atom stereocenters. The molecular weight excluding hydrogens is 230 g/mol. The fraction of sp³-hybridized carbons (Fsp3) is 0.0714. The van der Waals surface area contributed by atoms with Crippen molar-refractivity contribution in [2.45, 2.75) is 0 Å². The summed E-state index contributed by atoms with van der Waals surface area (Å²) in [6.07, 6.45) is 1.43. The Balaban J connectivity index is 2.33. The van der Waals surface area contributed by atoms with Crippen molar-refractivity contribution in [1.82, 2.24) is 0 Å². The van der Waals surface area contributed by atoms with Gasteiger partial charge in [-0.25, -0.2) is 0 Å². The Labute approximate surface area is 105 Å². The average Bonchev–Trinajstić information content (AvgIpc) is 2.42. The molecule has 0 saturated heterocycles. The molecule has 0 saturated carbocycles. The third kappa shape index (κ3) is 2.60. The van der Waals surface area contributed by atoms with Crippen LogP contribution in [-0.2, 0) is 0 Å². The van der Waals surface area contributed by atoms with Gasteiger partial charge < -0.3 is 15.1 Å². The fourth-order valence-electron chi connectivity index (χ4n) is 1.56. The van der Waals surface area contributed by atoms with Crippen LogP contribution in [0.2, 0.25) is 0 Å². The van der Waals surface area contributed by atoms with Gasteiger partial charge in [-0.3, -0.25) is 0 Å². The molecule has 0 heterocycles. The summed E-state index contributed by atoms with van der Waals surface area (Å²) in [7, 11) is 1.46. The van der Waals surface area contributed by atoms with Crippen LogP contribution in [0.1, 0.15) is 5.56 Å². The number of phenols is 1. The SMILES string of the molecule is COc1cc(/C=[N+](\[O-])c2ccccc2)ccc1O. The van der Waals surface area contributed by atoms with Crippen LogP contribution in [0.4, 0.5) is 5.69 Å². The van der Waals surface area contributed by atoms with Gasteiger partial charge in [0.2, 0.25) is 5.69 Å². The molecule has 0 spiro atoms. The molecule has 0 aliphatic rings. The summed E-state index contributed by atoms with van der Waals surface area (Å²) in [6.45, 7) is 0. The molecule has 0 amide bonds. The van der Waals surface area contributed by atoms with Gasteiger partial charge in [-0.1, -0.05) is 18.2 Å². The maximum Gasteiger partial charge on any atom is 0.216 e. The summed E-state index contributed by atoms with van der Waals surface area (Å²) in [6, 6.07) is 13.6. The maximum absolute atomic E-state index is 11.9. The first-order valence-electron chi connectivity index (χ1n) is 5.44. The zero-order chi connectivity index (χ0) is 13.0. The van der Waals surface area contributed by atoms with Gasteiger partial charge in [0.15, 0.2) is 17.7 Å². The number of aromatic hydroxyl groups is 1. The molecule has 0 fully saturated rings. The van der Waals surface area contributed by atoms with Gasteiger partial charge in [-0.15, -0.1) is 0 Å². The van der Waals surface area contributed by atoms with Gasteiger partial charge in [0, 0.05) is 17.7 Å². The molecule has 92 valence electrons. The predicted octanol–water partition coefficient (Wildman–Crippen LogP) is 2.66. The molecular formula is C14H13NO3. The standard InChI is InChI=1S/C14H13NO3/c1-18-14-9-11(7-8-13(14)16)10-15(17)12-5-3-2-4-6-12/h2-10,16H,1H3/b15-10-. The Morgan fingerprint density at radius 2 is 1.89 bits per heavy atom. The van der Waals surface area contributed by atoms with E-state index in [1.54, 1.807) is 36.4 Å². The van der Waals surface area contributed by atoms with Crippen LogP contribution in [0.15, 0.2) is 48.5 Å². The lowest BCUT2D eigenvalue weighted by Gasteiger charge is -2.05. The van der Waals surface area contributed by atoms with Gasteiger partial charge in [-0.2, -0.15) is 4.74 Å². The van der Waals surface area contributed by atoms with Gasteiger partial charge in [-0.05, 0) is 18.2 Å². The maximum atomic E-state index is 11.9. The second-order valence-corrected chi connectivity index (χ2v) is 3.72. The average molecular weight is 243 g/mol. The molecule has 0 bridgehead atoms. The Kier molecular flexibility index (Phi) is 3.48. The Morgan fingerprint density at radius 3 is 2.56 bits per heavy atom. The van der Waals surface area contributed by atoms with Crippen LogP contribution in [-0.4, -0.2) is 23.2 Å². The number of hydrogen-bond acceptors (Lipinski definition) is 3. The van der Waals surface area contributed by atoms with Crippen LogP contribution in [0.5, 0.6) is 11.5 Å². The second-order valence-electron chi connectivity index (χ2n) is 3.72. The summed E-state index contributed by atoms with van der Waals surface area (Å²) in [4.78, 5) is 0. The lowest BCUT2D eigenvalue weighted by atomic mass is 10.2. The first kappa shape index (κ1) is 12.0. The van der Waals surface area contributed by atoms with Gasteiger partial charge >= 0.3 is 0 Å². The molecule has 18 heavy (non-hydrogen) atoms. The van der Waals surface area contributed by atoms with Crippen LogP contribution < -0.4 is 4.74 Å². The minimum atomic E-state index is 0.0480. The van der Waals surface area contributed by atoms with Crippen LogP contribution in [0.3, 0.4) is 0 Å². The first-order chi connectivity index (χ1) is 8.70. The van der Waals surface area contributed by atoms with E-state index in [1.165, 1.54) is 19.4 Å². The van der Waals surface area contributed by atoms with Gasteiger partial charge in [0.05, 0.1) is 7.11 Å². The highest BCUT2D eigenvalue weighted by atomic mass is 16.5. The summed E-state index contributed by atoms with van der Waals surface area (Å²) in [5.41, 5.74) is 1.20. The number of ether oxygens (including phenoxy) is 1. The normalized spacial score (nSPS) is 11.3. The molecule has 2 aromatic rings. The second kappa shape index (κ2) is 5.23. The number of benzene rings is 2. The van der Waals surface area contributed by atoms with Crippen molar-refractivity contribution in [3.05, 3.63) is 59.3 Å². The Hall–Kier alpha value is -2.49. The summed E-state index contributed by atoms with van der Waals surface area (Å²) in [5.74, 6) is 0.386. The van der Waals surface area contributed by atoms with E-state index < -0.39 is 0 Å². The highest BCUT2D eigenvalue weighted by molar-refractivity contribution is 5.78. The van der Waals surface area contributed by atoms with Crippen LogP contribution in [0, 0.1) is 5.21 Å². The van der Waals surface area contributed by atoms with E-state index in [4.69, 9.17) is 4.74 Å². The Morgan fingerprint density at radius 1 is 1.17 bits per heavy atom. The van der Waals surface area contributed by atoms with E-state index in [0.29, 0.717) is 17.0 Å². The summed E-state index contributed by atoms with van der Waals surface area (Å²) in [5, 5.41) is 21.3. The minimum Gasteiger partial charge on any atom is -0.618 e. The highest BCUT2D eigenvalue weighted by Crippen LogP contribution is 2.25. The van der Waals surface area contributed by atoms with Crippen molar-refractivity contribution in [1.29, 1.82) is 0 Å². The monoisotopic (exact) mass is 243 g/mol. The molecule has 2 rings (SSSR count). The zero-order valence-corrected chi connectivity index (χ0v) is 9.91. The molecule has 4 heteroatoms. The highest BCUT2D eigenvalue weighted by Gasteiger charge is 2.05. The van der Waals surface area contributed by atoms with Crippen molar-refractivity contribution in [3.8, 4) is 11.5 Å². The van der Waals surface area contributed by atoms with E-state index in [1.807, 2.05) is 6.07 Å². The van der Waals surface area contributed by atoms with Gasteiger partial charge in [0.25, 0.3) is 0 Å². The Bertz CT molecular complexity index is 565. The zero-order valence-electron chi connectivity index (χ0n) is 9.91. The number of rotatable bonds is 3. The number of phenolic OH excluding ortho intramolecular Hbond substituents is 1. The van der Waals surface area contributed by atoms with E-state index in [-0.39, 0.29) is 5.75 Å². The van der Waals surface area contributed by atoms with E-state index in [0.717, 1.165) is 4.74 Å². The largest absolute Gasteiger partial charge is 0.618 e. The smallest absolute Gasteiger partial charge is 0.216 e. The quantitative estimate of drug-likeness (QED) is 0.390. The van der Waals surface area contributed by atoms with Crippen molar-refractivity contribution in [2.24, 2.45) is 0 Å². The predicted molar refractivity (Wildman–Crippen MR) is 69.6 cm³/mol. The lowest BCUT2D eigenvalue weighted by molar-refractivity contribution is -0.354. The number of para-hydroxylation sites is 1. The number of methoxy groups -OCH3 is 1. The molecule has 0 atom stereocenters. The topological polar surface area (TPSA) is 55.5 Å². The fourth-order valence-corrected chi connectivity index (χ4v) is 1.56.